The number of aromatic nitrogens is 1. The molecule has 0 bridgehead atoms. The van der Waals surface area contributed by atoms with E-state index < -0.39 is 11.5 Å². The first-order valence-electron chi connectivity index (χ1n) is 7.07. The summed E-state index contributed by atoms with van der Waals surface area (Å²) in [5.74, 6) is -0.914. The third kappa shape index (κ3) is 2.75. The van der Waals surface area contributed by atoms with Crippen molar-refractivity contribution in [2.24, 2.45) is 5.73 Å². The lowest BCUT2D eigenvalue weighted by molar-refractivity contribution is -0.142. The summed E-state index contributed by atoms with van der Waals surface area (Å²) in [4.78, 5) is 17.7. The highest BCUT2D eigenvalue weighted by molar-refractivity contribution is 5.80. The Bertz CT molecular complexity index is 701. The van der Waals surface area contributed by atoms with Crippen molar-refractivity contribution < 1.29 is 9.90 Å². The molecule has 1 aliphatic rings. The summed E-state index contributed by atoms with van der Waals surface area (Å²) in [6.07, 6.45) is 0.497. The number of aliphatic carboxylic acids is 1. The summed E-state index contributed by atoms with van der Waals surface area (Å²) in [5.41, 5.74) is 7.94. The number of carbonyl (C=O) groups is 1. The van der Waals surface area contributed by atoms with E-state index in [1.165, 1.54) is 0 Å². The number of nitrogens with two attached hydrogens (primary N) is 1. The van der Waals surface area contributed by atoms with Crippen LogP contribution in [0.4, 0.5) is 0 Å². The molecule has 0 saturated carbocycles. The Kier molecular flexibility index (Phi) is 3.39. The van der Waals surface area contributed by atoms with Gasteiger partial charge in [-0.2, -0.15) is 0 Å². The van der Waals surface area contributed by atoms with Gasteiger partial charge in [0.25, 0.3) is 0 Å². The number of carboxylic acids is 1. The molecule has 1 aliphatic heterocycles. The molecule has 3 N–H and O–H groups in total. The fraction of sp³-hybridized carbons (Fsp3) is 0.375. The summed E-state index contributed by atoms with van der Waals surface area (Å²) in [5, 5.41) is 10.3. The van der Waals surface area contributed by atoms with Crippen LogP contribution in [0.1, 0.15) is 17.7 Å². The van der Waals surface area contributed by atoms with Crippen LogP contribution in [-0.4, -0.2) is 39.6 Å². The van der Waals surface area contributed by atoms with Crippen LogP contribution < -0.4 is 5.73 Å². The fourth-order valence-corrected chi connectivity index (χ4v) is 2.86. The Morgan fingerprint density at radius 3 is 2.95 bits per heavy atom. The van der Waals surface area contributed by atoms with Gasteiger partial charge in [-0.3, -0.25) is 14.7 Å². The molecule has 110 valence electrons. The van der Waals surface area contributed by atoms with E-state index in [1.807, 2.05) is 25.1 Å². The van der Waals surface area contributed by atoms with E-state index in [0.29, 0.717) is 19.5 Å². The number of carboxylic acid groups (broad SMARTS) is 1. The normalized spacial score (nSPS) is 22.8. The third-order valence-corrected chi connectivity index (χ3v) is 4.10. The zero-order valence-corrected chi connectivity index (χ0v) is 12.0. The molecule has 1 fully saturated rings. The first kappa shape index (κ1) is 14.0. The number of nitrogens with zero attached hydrogens (tertiary/aromatic N) is 2. The van der Waals surface area contributed by atoms with Crippen LogP contribution in [0.5, 0.6) is 0 Å². The molecule has 0 aliphatic carbocycles. The number of hydrogen-bond donors (Lipinski definition) is 2. The molecule has 2 heterocycles. The summed E-state index contributed by atoms with van der Waals surface area (Å²) >= 11 is 0. The maximum atomic E-state index is 11.2. The molecule has 1 saturated heterocycles. The van der Waals surface area contributed by atoms with Gasteiger partial charge in [0, 0.05) is 30.7 Å². The number of fused-ring (bicyclic) bond motifs is 1. The van der Waals surface area contributed by atoms with Crippen molar-refractivity contribution in [3.8, 4) is 0 Å². The summed E-state index contributed by atoms with van der Waals surface area (Å²) in [7, 11) is 0. The minimum absolute atomic E-state index is 0.395. The standard InChI is InChI=1S/C16H19N3O2/c1-11-2-4-13-8-12(3-5-14(13)18-11)9-19-7-6-16(17,10-19)15(20)21/h2-5,8H,6-7,9-10,17H2,1H3,(H,20,21). The Labute approximate surface area is 123 Å². The van der Waals surface area contributed by atoms with Crippen molar-refractivity contribution in [3.05, 3.63) is 41.6 Å². The molecule has 5 nitrogen and oxygen atoms in total. The molecule has 21 heavy (non-hydrogen) atoms. The van der Waals surface area contributed by atoms with Gasteiger partial charge in [0.2, 0.25) is 0 Å². The lowest BCUT2D eigenvalue weighted by Gasteiger charge is -2.20. The minimum atomic E-state index is -1.10. The quantitative estimate of drug-likeness (QED) is 0.894. The van der Waals surface area contributed by atoms with Crippen LogP contribution in [0.3, 0.4) is 0 Å². The third-order valence-electron chi connectivity index (χ3n) is 4.10. The average molecular weight is 285 g/mol. The van der Waals surface area contributed by atoms with Crippen molar-refractivity contribution in [1.29, 1.82) is 0 Å². The first-order chi connectivity index (χ1) is 9.96. The number of hydrogen-bond acceptors (Lipinski definition) is 4. The lowest BCUT2D eigenvalue weighted by Crippen LogP contribution is -2.50. The number of likely N-dealkylation sites (tertiary alicyclic amines) is 1. The van der Waals surface area contributed by atoms with Gasteiger partial charge in [0.1, 0.15) is 5.54 Å². The molecule has 5 heteroatoms. The summed E-state index contributed by atoms with van der Waals surface area (Å²) < 4.78 is 0. The van der Waals surface area contributed by atoms with Gasteiger partial charge in [0.05, 0.1) is 5.52 Å². The number of benzene rings is 1. The zero-order chi connectivity index (χ0) is 15.0. The van der Waals surface area contributed by atoms with Gasteiger partial charge < -0.3 is 10.8 Å². The van der Waals surface area contributed by atoms with Crippen LogP contribution >= 0.6 is 0 Å². The van der Waals surface area contributed by atoms with Crippen LogP contribution in [0.2, 0.25) is 0 Å². The van der Waals surface area contributed by atoms with E-state index in [-0.39, 0.29) is 0 Å². The molecule has 0 spiro atoms. The molecule has 2 aromatic rings. The zero-order valence-electron chi connectivity index (χ0n) is 12.0. The van der Waals surface area contributed by atoms with E-state index in [9.17, 15) is 4.79 Å². The SMILES string of the molecule is Cc1ccc2cc(CN3CCC(N)(C(=O)O)C3)ccc2n1. The highest BCUT2D eigenvalue weighted by Crippen LogP contribution is 2.22. The predicted molar refractivity (Wildman–Crippen MR) is 80.9 cm³/mol. The highest BCUT2D eigenvalue weighted by atomic mass is 16.4. The van der Waals surface area contributed by atoms with Gasteiger partial charge in [0.15, 0.2) is 0 Å². The van der Waals surface area contributed by atoms with Crippen LogP contribution in [0.25, 0.3) is 10.9 Å². The van der Waals surface area contributed by atoms with Gasteiger partial charge >= 0.3 is 5.97 Å². The monoisotopic (exact) mass is 285 g/mol. The Hall–Kier alpha value is -1.98. The molecule has 3 rings (SSSR count). The summed E-state index contributed by atoms with van der Waals surface area (Å²) in [6, 6.07) is 10.2. The summed E-state index contributed by atoms with van der Waals surface area (Å²) in [6.45, 7) is 3.81. The van der Waals surface area contributed by atoms with Crippen molar-refractivity contribution in [3.63, 3.8) is 0 Å². The predicted octanol–water partition coefficient (Wildman–Crippen LogP) is 1.53. The van der Waals surface area contributed by atoms with Crippen LogP contribution in [0, 0.1) is 6.92 Å². The number of aryl methyl sites for hydroxylation is 1. The van der Waals surface area contributed by atoms with Crippen molar-refractivity contribution in [2.45, 2.75) is 25.4 Å². The number of pyridine rings is 1. The van der Waals surface area contributed by atoms with Gasteiger partial charge in [-0.05, 0) is 37.1 Å². The number of rotatable bonds is 3. The van der Waals surface area contributed by atoms with Crippen LogP contribution in [0.15, 0.2) is 30.3 Å². The van der Waals surface area contributed by atoms with Crippen molar-refractivity contribution in [2.75, 3.05) is 13.1 Å². The van der Waals surface area contributed by atoms with Crippen molar-refractivity contribution in [1.82, 2.24) is 9.88 Å². The molecule has 0 radical (unpaired) electrons. The molecule has 1 aromatic heterocycles. The molecule has 0 amide bonds. The second-order valence-electron chi connectivity index (χ2n) is 5.90. The maximum Gasteiger partial charge on any atom is 0.325 e. The van der Waals surface area contributed by atoms with Gasteiger partial charge in [-0.15, -0.1) is 0 Å². The smallest absolute Gasteiger partial charge is 0.325 e. The Morgan fingerprint density at radius 2 is 2.24 bits per heavy atom. The van der Waals surface area contributed by atoms with E-state index >= 15 is 0 Å². The van der Waals surface area contributed by atoms with E-state index in [4.69, 9.17) is 10.8 Å². The van der Waals surface area contributed by atoms with Crippen molar-refractivity contribution >= 4 is 16.9 Å². The fourth-order valence-electron chi connectivity index (χ4n) is 2.86. The first-order valence-corrected chi connectivity index (χ1v) is 7.07. The minimum Gasteiger partial charge on any atom is -0.480 e. The van der Waals surface area contributed by atoms with E-state index in [0.717, 1.165) is 28.7 Å². The lowest BCUT2D eigenvalue weighted by atomic mass is 10.0. The average Bonchev–Trinajstić information content (AvgIpc) is 2.82. The molecule has 1 unspecified atom stereocenters. The Balaban J connectivity index is 1.77. The van der Waals surface area contributed by atoms with E-state index in [2.05, 4.69) is 22.0 Å². The van der Waals surface area contributed by atoms with Gasteiger partial charge in [-0.25, -0.2) is 0 Å². The second kappa shape index (κ2) is 5.09. The molecule has 1 atom stereocenters. The Morgan fingerprint density at radius 1 is 1.43 bits per heavy atom. The van der Waals surface area contributed by atoms with E-state index in [1.54, 1.807) is 0 Å². The molecular formula is C16H19N3O2. The second-order valence-corrected chi connectivity index (χ2v) is 5.90. The molecule has 1 aromatic carbocycles. The molecular weight excluding hydrogens is 266 g/mol. The van der Waals surface area contributed by atoms with Crippen LogP contribution in [-0.2, 0) is 11.3 Å². The maximum absolute atomic E-state index is 11.2. The largest absolute Gasteiger partial charge is 0.480 e. The highest BCUT2D eigenvalue weighted by Gasteiger charge is 2.40. The topological polar surface area (TPSA) is 79.5 Å². The van der Waals surface area contributed by atoms with Gasteiger partial charge in [-0.1, -0.05) is 12.1 Å².